The average molecular weight is 470 g/mol. The van der Waals surface area contributed by atoms with Gasteiger partial charge in [-0.1, -0.05) is 18.2 Å². The summed E-state index contributed by atoms with van der Waals surface area (Å²) in [6.45, 7) is 0.449. The Labute approximate surface area is 191 Å². The van der Waals surface area contributed by atoms with Gasteiger partial charge in [0.1, 0.15) is 4.21 Å². The quantitative estimate of drug-likeness (QED) is 0.526. The summed E-state index contributed by atoms with van der Waals surface area (Å²) in [5, 5.41) is 4.29. The van der Waals surface area contributed by atoms with E-state index in [0.717, 1.165) is 29.7 Å². The standard InChI is InChI=1S/C23H23N3O4S2/c1-24-22(27)17-6-4-16(5-7-17)15-26(20-12-13-20)23(28)18-8-10-19(11-9-18)25-32(29,30)21-3-2-14-31-21/h2-11,14,20,25H,12-13,15H2,1H3,(H,24,27). The zero-order valence-corrected chi connectivity index (χ0v) is 19.1. The van der Waals surface area contributed by atoms with Crippen LogP contribution in [0.25, 0.3) is 0 Å². The van der Waals surface area contributed by atoms with Gasteiger partial charge in [-0.3, -0.25) is 14.3 Å². The molecule has 0 bridgehead atoms. The van der Waals surface area contributed by atoms with E-state index in [1.807, 2.05) is 17.0 Å². The van der Waals surface area contributed by atoms with Gasteiger partial charge >= 0.3 is 0 Å². The van der Waals surface area contributed by atoms with Crippen molar-refractivity contribution in [2.24, 2.45) is 0 Å². The lowest BCUT2D eigenvalue weighted by molar-refractivity contribution is 0.0729. The van der Waals surface area contributed by atoms with E-state index in [-0.39, 0.29) is 22.1 Å². The number of hydrogen-bond acceptors (Lipinski definition) is 5. The third kappa shape index (κ3) is 5.00. The molecule has 9 heteroatoms. The summed E-state index contributed by atoms with van der Waals surface area (Å²) in [5.74, 6) is -0.253. The molecule has 1 fully saturated rings. The van der Waals surface area contributed by atoms with Gasteiger partial charge in [0.2, 0.25) is 0 Å². The highest BCUT2D eigenvalue weighted by Gasteiger charge is 2.33. The van der Waals surface area contributed by atoms with Crippen LogP contribution in [0.2, 0.25) is 0 Å². The van der Waals surface area contributed by atoms with E-state index in [1.54, 1.807) is 61.0 Å². The van der Waals surface area contributed by atoms with E-state index in [2.05, 4.69) is 10.0 Å². The summed E-state index contributed by atoms with van der Waals surface area (Å²) >= 11 is 1.14. The lowest BCUT2D eigenvalue weighted by Gasteiger charge is -2.23. The molecular weight excluding hydrogens is 446 g/mol. The van der Waals surface area contributed by atoms with Crippen LogP contribution in [0.15, 0.2) is 70.3 Å². The number of nitrogens with zero attached hydrogens (tertiary/aromatic N) is 1. The van der Waals surface area contributed by atoms with Crippen molar-refractivity contribution in [3.05, 3.63) is 82.7 Å². The van der Waals surface area contributed by atoms with Crippen LogP contribution in [0.5, 0.6) is 0 Å². The second-order valence-electron chi connectivity index (χ2n) is 7.56. The first-order valence-electron chi connectivity index (χ1n) is 10.2. The first-order valence-corrected chi connectivity index (χ1v) is 12.5. The second-order valence-corrected chi connectivity index (χ2v) is 10.4. The summed E-state index contributed by atoms with van der Waals surface area (Å²) in [7, 11) is -2.05. The monoisotopic (exact) mass is 469 g/mol. The van der Waals surface area contributed by atoms with Gasteiger partial charge in [-0.05, 0) is 66.2 Å². The van der Waals surface area contributed by atoms with Gasteiger partial charge in [0.15, 0.2) is 0 Å². The Morgan fingerprint density at radius 3 is 2.22 bits per heavy atom. The smallest absolute Gasteiger partial charge is 0.271 e. The zero-order valence-electron chi connectivity index (χ0n) is 17.4. The Morgan fingerprint density at radius 1 is 1.00 bits per heavy atom. The third-order valence-corrected chi connectivity index (χ3v) is 7.97. The van der Waals surface area contributed by atoms with Crippen LogP contribution in [0.4, 0.5) is 5.69 Å². The maximum atomic E-state index is 13.2. The molecule has 0 radical (unpaired) electrons. The van der Waals surface area contributed by atoms with Crippen LogP contribution >= 0.6 is 11.3 Å². The fourth-order valence-corrected chi connectivity index (χ4v) is 5.38. The minimum Gasteiger partial charge on any atom is -0.355 e. The molecule has 1 aliphatic carbocycles. The van der Waals surface area contributed by atoms with Crippen molar-refractivity contribution in [1.82, 2.24) is 10.2 Å². The number of hydrogen-bond donors (Lipinski definition) is 2. The molecule has 2 aromatic carbocycles. The predicted octanol–water partition coefficient (Wildman–Crippen LogP) is 3.71. The third-order valence-electron chi connectivity index (χ3n) is 5.19. The topological polar surface area (TPSA) is 95.6 Å². The average Bonchev–Trinajstić information content (AvgIpc) is 3.48. The Bertz CT molecular complexity index is 1200. The number of sulfonamides is 1. The summed E-state index contributed by atoms with van der Waals surface area (Å²) in [4.78, 5) is 26.7. The van der Waals surface area contributed by atoms with E-state index in [9.17, 15) is 18.0 Å². The van der Waals surface area contributed by atoms with Gasteiger partial charge < -0.3 is 10.2 Å². The fourth-order valence-electron chi connectivity index (χ4n) is 3.32. The van der Waals surface area contributed by atoms with Crippen LogP contribution in [-0.2, 0) is 16.6 Å². The summed E-state index contributed by atoms with van der Waals surface area (Å²) in [6.07, 6.45) is 1.92. The maximum absolute atomic E-state index is 13.2. The molecule has 7 nitrogen and oxygen atoms in total. The Hall–Kier alpha value is -3.17. The zero-order chi connectivity index (χ0) is 22.7. The maximum Gasteiger partial charge on any atom is 0.271 e. The lowest BCUT2D eigenvalue weighted by Crippen LogP contribution is -2.32. The van der Waals surface area contributed by atoms with Crippen LogP contribution in [0.3, 0.4) is 0 Å². The minimum atomic E-state index is -3.63. The van der Waals surface area contributed by atoms with E-state index in [0.29, 0.717) is 23.4 Å². The summed E-state index contributed by atoms with van der Waals surface area (Å²) in [5.41, 5.74) is 2.41. The number of carbonyl (C=O) groups excluding carboxylic acids is 2. The number of amides is 2. The molecule has 1 aromatic heterocycles. The largest absolute Gasteiger partial charge is 0.355 e. The van der Waals surface area contributed by atoms with E-state index >= 15 is 0 Å². The fraction of sp³-hybridized carbons (Fsp3) is 0.217. The normalized spacial score (nSPS) is 13.4. The molecule has 0 aliphatic heterocycles. The molecule has 0 unspecified atom stereocenters. The molecule has 166 valence electrons. The molecule has 3 aromatic rings. The predicted molar refractivity (Wildman–Crippen MR) is 124 cm³/mol. The number of thiophene rings is 1. The van der Waals surface area contributed by atoms with Crippen molar-refractivity contribution >= 4 is 38.9 Å². The Kier molecular flexibility index (Phi) is 6.29. The van der Waals surface area contributed by atoms with Crippen molar-refractivity contribution in [1.29, 1.82) is 0 Å². The van der Waals surface area contributed by atoms with Gasteiger partial charge in [0.25, 0.3) is 21.8 Å². The molecule has 2 amide bonds. The number of anilines is 1. The van der Waals surface area contributed by atoms with E-state index in [4.69, 9.17) is 0 Å². The second kappa shape index (κ2) is 9.13. The van der Waals surface area contributed by atoms with Gasteiger partial charge in [-0.2, -0.15) is 0 Å². The van der Waals surface area contributed by atoms with Crippen molar-refractivity contribution < 1.29 is 18.0 Å². The molecule has 4 rings (SSSR count). The Morgan fingerprint density at radius 2 is 1.66 bits per heavy atom. The van der Waals surface area contributed by atoms with Crippen molar-refractivity contribution in [2.45, 2.75) is 29.6 Å². The van der Waals surface area contributed by atoms with Crippen LogP contribution < -0.4 is 10.0 Å². The first kappa shape index (κ1) is 22.0. The number of nitrogens with one attached hydrogen (secondary N) is 2. The van der Waals surface area contributed by atoms with Gasteiger partial charge in [-0.25, -0.2) is 8.42 Å². The molecule has 0 atom stereocenters. The summed E-state index contributed by atoms with van der Waals surface area (Å²) < 4.78 is 27.5. The number of benzene rings is 2. The molecular formula is C23H23N3O4S2. The van der Waals surface area contributed by atoms with Gasteiger partial charge in [-0.15, -0.1) is 11.3 Å². The molecule has 1 saturated carbocycles. The molecule has 0 saturated heterocycles. The van der Waals surface area contributed by atoms with Gasteiger partial charge in [0, 0.05) is 36.4 Å². The van der Waals surface area contributed by atoms with Crippen LogP contribution in [0, 0.1) is 0 Å². The molecule has 32 heavy (non-hydrogen) atoms. The highest BCUT2D eigenvalue weighted by atomic mass is 32.2. The molecule has 1 aliphatic rings. The van der Waals surface area contributed by atoms with Crippen molar-refractivity contribution in [2.75, 3.05) is 11.8 Å². The Balaban J connectivity index is 1.46. The highest BCUT2D eigenvalue weighted by molar-refractivity contribution is 7.94. The van der Waals surface area contributed by atoms with Crippen LogP contribution in [-0.4, -0.2) is 38.2 Å². The number of rotatable bonds is 8. The van der Waals surface area contributed by atoms with Gasteiger partial charge in [0.05, 0.1) is 0 Å². The first-order chi connectivity index (χ1) is 15.4. The molecule has 1 heterocycles. The molecule has 0 spiro atoms. The highest BCUT2D eigenvalue weighted by Crippen LogP contribution is 2.30. The van der Waals surface area contributed by atoms with Crippen molar-refractivity contribution in [3.63, 3.8) is 0 Å². The summed E-state index contributed by atoms with van der Waals surface area (Å²) in [6, 6.07) is 17.1. The van der Waals surface area contributed by atoms with E-state index in [1.165, 1.54) is 0 Å². The van der Waals surface area contributed by atoms with E-state index < -0.39 is 10.0 Å². The number of carbonyl (C=O) groups is 2. The molecule has 2 N–H and O–H groups in total. The van der Waals surface area contributed by atoms with Crippen LogP contribution in [0.1, 0.15) is 39.1 Å². The minimum absolute atomic E-state index is 0.101. The lowest BCUT2D eigenvalue weighted by atomic mass is 10.1. The van der Waals surface area contributed by atoms with Crippen molar-refractivity contribution in [3.8, 4) is 0 Å². The SMILES string of the molecule is CNC(=O)c1ccc(CN(C(=O)c2ccc(NS(=O)(=O)c3cccs3)cc2)C2CC2)cc1.